The average molecular weight is 292 g/mol. The van der Waals surface area contributed by atoms with Gasteiger partial charge < -0.3 is 15.0 Å². The molecular formula is C14H20N4O3. The molecular weight excluding hydrogens is 272 g/mol. The minimum Gasteiger partial charge on any atom is -0.450 e. The van der Waals surface area contributed by atoms with Crippen LogP contribution in [0.1, 0.15) is 17.3 Å². The number of carbonyl (C=O) groups excluding carboxylic acids is 2. The second-order valence-electron chi connectivity index (χ2n) is 4.71. The molecule has 1 aliphatic heterocycles. The summed E-state index contributed by atoms with van der Waals surface area (Å²) < 4.78 is 4.96. The molecule has 1 saturated heterocycles. The van der Waals surface area contributed by atoms with Crippen LogP contribution in [0.5, 0.6) is 0 Å². The standard InChI is InChI=1S/C14H20N4O3/c1-2-21-14(20)18-8-6-17(7-9-18)11-16-13(19)12-4-3-5-15-10-12/h3-5,10H,2,6-9,11H2,1H3,(H,16,19). The Morgan fingerprint density at radius 1 is 1.33 bits per heavy atom. The number of rotatable bonds is 4. The molecule has 114 valence electrons. The van der Waals surface area contributed by atoms with Crippen molar-refractivity contribution in [2.45, 2.75) is 6.92 Å². The molecule has 0 radical (unpaired) electrons. The molecule has 1 aromatic heterocycles. The van der Waals surface area contributed by atoms with Crippen LogP contribution in [0, 0.1) is 0 Å². The van der Waals surface area contributed by atoms with Gasteiger partial charge in [-0.25, -0.2) is 4.79 Å². The van der Waals surface area contributed by atoms with Gasteiger partial charge in [0.1, 0.15) is 0 Å². The van der Waals surface area contributed by atoms with E-state index in [9.17, 15) is 9.59 Å². The molecule has 0 bridgehead atoms. The number of nitrogens with one attached hydrogen (secondary N) is 1. The van der Waals surface area contributed by atoms with E-state index in [0.29, 0.717) is 45.0 Å². The van der Waals surface area contributed by atoms with Gasteiger partial charge in [0.15, 0.2) is 0 Å². The molecule has 1 aliphatic rings. The van der Waals surface area contributed by atoms with Gasteiger partial charge in [-0.3, -0.25) is 14.7 Å². The van der Waals surface area contributed by atoms with Crippen molar-refractivity contribution in [1.29, 1.82) is 0 Å². The van der Waals surface area contributed by atoms with Gasteiger partial charge in [-0.1, -0.05) is 0 Å². The summed E-state index contributed by atoms with van der Waals surface area (Å²) in [7, 11) is 0. The molecule has 21 heavy (non-hydrogen) atoms. The van der Waals surface area contributed by atoms with Crippen molar-refractivity contribution in [2.24, 2.45) is 0 Å². The van der Waals surface area contributed by atoms with Crippen molar-refractivity contribution >= 4 is 12.0 Å². The predicted octanol–water partition coefficient (Wildman–Crippen LogP) is 0.543. The fourth-order valence-corrected chi connectivity index (χ4v) is 2.09. The first kappa shape index (κ1) is 15.2. The summed E-state index contributed by atoms with van der Waals surface area (Å²) in [6.45, 7) is 5.30. The maximum absolute atomic E-state index is 11.9. The van der Waals surface area contributed by atoms with Gasteiger partial charge in [0.25, 0.3) is 5.91 Å². The van der Waals surface area contributed by atoms with Crippen LogP contribution >= 0.6 is 0 Å². The van der Waals surface area contributed by atoms with Crippen molar-refractivity contribution in [3.8, 4) is 0 Å². The number of ether oxygens (including phenoxy) is 1. The second kappa shape index (κ2) is 7.58. The molecule has 1 N–H and O–H groups in total. The predicted molar refractivity (Wildman–Crippen MR) is 76.7 cm³/mol. The summed E-state index contributed by atoms with van der Waals surface area (Å²) >= 11 is 0. The highest BCUT2D eigenvalue weighted by Gasteiger charge is 2.21. The SMILES string of the molecule is CCOC(=O)N1CCN(CNC(=O)c2cccnc2)CC1. The summed E-state index contributed by atoms with van der Waals surface area (Å²) in [5.74, 6) is -0.143. The number of hydrogen-bond donors (Lipinski definition) is 1. The van der Waals surface area contributed by atoms with E-state index in [1.165, 1.54) is 6.20 Å². The van der Waals surface area contributed by atoms with E-state index in [2.05, 4.69) is 15.2 Å². The minimum atomic E-state index is -0.267. The van der Waals surface area contributed by atoms with Crippen LogP contribution in [0.15, 0.2) is 24.5 Å². The summed E-state index contributed by atoms with van der Waals surface area (Å²) in [5, 5.41) is 2.85. The molecule has 1 aromatic rings. The van der Waals surface area contributed by atoms with Crippen molar-refractivity contribution in [3.05, 3.63) is 30.1 Å². The fraction of sp³-hybridized carbons (Fsp3) is 0.500. The zero-order valence-corrected chi connectivity index (χ0v) is 12.1. The molecule has 0 spiro atoms. The van der Waals surface area contributed by atoms with Crippen LogP contribution in [0.3, 0.4) is 0 Å². The molecule has 2 amide bonds. The van der Waals surface area contributed by atoms with Gasteiger partial charge in [-0.05, 0) is 19.1 Å². The first-order valence-corrected chi connectivity index (χ1v) is 7.03. The van der Waals surface area contributed by atoms with E-state index < -0.39 is 0 Å². The summed E-state index contributed by atoms with van der Waals surface area (Å²) in [5.41, 5.74) is 0.544. The van der Waals surface area contributed by atoms with E-state index in [1.54, 1.807) is 30.2 Å². The normalized spacial score (nSPS) is 15.6. The van der Waals surface area contributed by atoms with E-state index >= 15 is 0 Å². The highest BCUT2D eigenvalue weighted by atomic mass is 16.6. The topological polar surface area (TPSA) is 74.8 Å². The Morgan fingerprint density at radius 3 is 2.71 bits per heavy atom. The Hall–Kier alpha value is -2.15. The van der Waals surface area contributed by atoms with Crippen LogP contribution in [0.25, 0.3) is 0 Å². The highest BCUT2D eigenvalue weighted by molar-refractivity contribution is 5.93. The third-order valence-electron chi connectivity index (χ3n) is 3.29. The highest BCUT2D eigenvalue weighted by Crippen LogP contribution is 2.03. The van der Waals surface area contributed by atoms with Crippen molar-refractivity contribution < 1.29 is 14.3 Å². The molecule has 7 nitrogen and oxygen atoms in total. The maximum atomic E-state index is 11.9. The molecule has 1 fully saturated rings. The Kier molecular flexibility index (Phi) is 5.51. The van der Waals surface area contributed by atoms with Crippen LogP contribution in [0.4, 0.5) is 4.79 Å². The Morgan fingerprint density at radius 2 is 2.10 bits per heavy atom. The van der Waals surface area contributed by atoms with Crippen molar-refractivity contribution in [2.75, 3.05) is 39.5 Å². The Bertz CT molecular complexity index is 472. The van der Waals surface area contributed by atoms with Crippen molar-refractivity contribution in [1.82, 2.24) is 20.1 Å². The van der Waals surface area contributed by atoms with Gasteiger partial charge in [0.05, 0.1) is 18.8 Å². The second-order valence-corrected chi connectivity index (χ2v) is 4.71. The number of piperazine rings is 1. The first-order chi connectivity index (χ1) is 10.2. The lowest BCUT2D eigenvalue weighted by Gasteiger charge is -2.33. The first-order valence-electron chi connectivity index (χ1n) is 7.03. The third kappa shape index (κ3) is 4.42. The van der Waals surface area contributed by atoms with E-state index in [4.69, 9.17) is 4.74 Å². The fourth-order valence-electron chi connectivity index (χ4n) is 2.09. The number of pyridine rings is 1. The molecule has 7 heteroatoms. The summed E-state index contributed by atoms with van der Waals surface area (Å²) in [6.07, 6.45) is 2.90. The quantitative estimate of drug-likeness (QED) is 0.877. The maximum Gasteiger partial charge on any atom is 0.409 e. The van der Waals surface area contributed by atoms with Gasteiger partial charge in [-0.2, -0.15) is 0 Å². The number of nitrogens with zero attached hydrogens (tertiary/aromatic N) is 3. The van der Waals surface area contributed by atoms with E-state index in [-0.39, 0.29) is 12.0 Å². The number of hydrogen-bond acceptors (Lipinski definition) is 5. The minimum absolute atomic E-state index is 0.143. The number of carbonyl (C=O) groups is 2. The zero-order chi connectivity index (χ0) is 15.1. The molecule has 0 atom stereocenters. The average Bonchev–Trinajstić information content (AvgIpc) is 2.54. The van der Waals surface area contributed by atoms with Crippen LogP contribution in [-0.4, -0.2) is 66.2 Å². The molecule has 2 rings (SSSR count). The van der Waals surface area contributed by atoms with Crippen LogP contribution in [0.2, 0.25) is 0 Å². The van der Waals surface area contributed by atoms with Gasteiger partial charge in [0, 0.05) is 38.6 Å². The lowest BCUT2D eigenvalue weighted by Crippen LogP contribution is -2.51. The zero-order valence-electron chi connectivity index (χ0n) is 12.1. The van der Waals surface area contributed by atoms with Gasteiger partial charge in [-0.15, -0.1) is 0 Å². The molecule has 0 saturated carbocycles. The largest absolute Gasteiger partial charge is 0.450 e. The molecule has 0 unspecified atom stereocenters. The smallest absolute Gasteiger partial charge is 0.409 e. The van der Waals surface area contributed by atoms with Crippen molar-refractivity contribution in [3.63, 3.8) is 0 Å². The van der Waals surface area contributed by atoms with E-state index in [0.717, 1.165) is 0 Å². The number of aromatic nitrogens is 1. The lowest BCUT2D eigenvalue weighted by atomic mass is 10.3. The molecule has 0 aromatic carbocycles. The third-order valence-corrected chi connectivity index (χ3v) is 3.29. The van der Waals surface area contributed by atoms with E-state index in [1.807, 2.05) is 0 Å². The monoisotopic (exact) mass is 292 g/mol. The Labute approximate surface area is 123 Å². The molecule has 0 aliphatic carbocycles. The summed E-state index contributed by atoms with van der Waals surface area (Å²) in [6, 6.07) is 3.45. The van der Waals surface area contributed by atoms with Crippen LogP contribution < -0.4 is 5.32 Å². The Balaban J connectivity index is 1.72. The lowest BCUT2D eigenvalue weighted by molar-refractivity contribution is 0.0729. The molecule has 2 heterocycles. The van der Waals surface area contributed by atoms with Crippen LogP contribution in [-0.2, 0) is 4.74 Å². The van der Waals surface area contributed by atoms with Gasteiger partial charge >= 0.3 is 6.09 Å². The van der Waals surface area contributed by atoms with Gasteiger partial charge in [0.2, 0.25) is 0 Å². The number of amides is 2. The summed E-state index contributed by atoms with van der Waals surface area (Å²) in [4.78, 5) is 31.1.